The van der Waals surface area contributed by atoms with Gasteiger partial charge in [-0.05, 0) is 0 Å². The molecule has 0 saturated carbocycles. The predicted octanol–water partition coefficient (Wildman–Crippen LogP) is 2.49. The molecule has 15 heavy (non-hydrogen) atoms. The third-order valence-electron chi connectivity index (χ3n) is 1.91. The van der Waals surface area contributed by atoms with E-state index in [1.165, 1.54) is 0 Å². The van der Waals surface area contributed by atoms with E-state index in [0.717, 1.165) is 11.3 Å². The monoisotopic (exact) mass is 312 g/mol. The largest absolute Gasteiger partial charge is 0.368 e. The minimum absolute atomic E-state index is 0.274. The average molecular weight is 312 g/mol. The number of halogens is 1. The fraction of sp³-hybridized carbons (Fsp3) is 0. The number of aromatic nitrogens is 2. The minimum Gasteiger partial charge on any atom is -0.368 e. The Morgan fingerprint density at radius 3 is 2.53 bits per heavy atom. The summed E-state index contributed by atoms with van der Waals surface area (Å²) in [6.45, 7) is 0. The second-order valence-electron chi connectivity index (χ2n) is 2.96. The second kappa shape index (κ2) is 4.43. The van der Waals surface area contributed by atoms with Crippen LogP contribution in [-0.4, -0.2) is 9.97 Å². The number of rotatable bonds is 2. The third-order valence-corrected chi connectivity index (χ3v) is 2.46. The zero-order chi connectivity index (χ0) is 10.7. The fourth-order valence-corrected chi connectivity index (χ4v) is 1.55. The Morgan fingerprint density at radius 1 is 1.13 bits per heavy atom. The summed E-state index contributed by atoms with van der Waals surface area (Å²) in [5, 5.41) is 0. The van der Waals surface area contributed by atoms with E-state index in [0.29, 0.717) is 5.82 Å². The van der Waals surface area contributed by atoms with Gasteiger partial charge >= 0.3 is 0 Å². The Morgan fingerprint density at radius 2 is 1.87 bits per heavy atom. The Kier molecular flexibility index (Phi) is 3.00. The van der Waals surface area contributed by atoms with E-state index < -0.39 is 0 Å². The molecule has 0 aliphatic rings. The fourth-order valence-electron chi connectivity index (χ4n) is 1.27. The van der Waals surface area contributed by atoms with Gasteiger partial charge in [0.15, 0.2) is 0 Å². The van der Waals surface area contributed by atoms with Crippen molar-refractivity contribution in [3.63, 3.8) is 0 Å². The quantitative estimate of drug-likeness (QED) is 0.660. The van der Waals surface area contributed by atoms with Gasteiger partial charge in [-0.25, -0.2) is 4.98 Å². The van der Waals surface area contributed by atoms with Crippen LogP contribution in [0.25, 0.3) is 11.3 Å². The van der Waals surface area contributed by atoms with E-state index in [9.17, 15) is 0 Å². The molecule has 0 bridgehead atoms. The number of hydrogen-bond donors (Lipinski definition) is 2. The van der Waals surface area contributed by atoms with Crippen LogP contribution in [0, 0.1) is 0 Å². The molecule has 2 rings (SSSR count). The molecule has 0 aliphatic heterocycles. The third kappa shape index (κ3) is 2.35. The van der Waals surface area contributed by atoms with Crippen molar-refractivity contribution >= 4 is 34.6 Å². The Balaban J connectivity index is 2.49. The summed E-state index contributed by atoms with van der Waals surface area (Å²) in [7, 11) is 0. The number of anilines is 2. The van der Waals surface area contributed by atoms with Gasteiger partial charge in [0.2, 0.25) is 5.95 Å². The van der Waals surface area contributed by atoms with Crippen LogP contribution in [0.15, 0.2) is 36.4 Å². The maximum atomic E-state index is 5.61. The normalized spacial score (nSPS) is 9.93. The number of nitrogen functional groups attached to an aromatic ring is 1. The number of nitrogens with one attached hydrogen (secondary N) is 1. The zero-order valence-electron chi connectivity index (χ0n) is 7.81. The van der Waals surface area contributed by atoms with Crippen LogP contribution in [0.4, 0.5) is 11.8 Å². The van der Waals surface area contributed by atoms with Gasteiger partial charge in [-0.3, -0.25) is 0 Å². The van der Waals surface area contributed by atoms with Gasteiger partial charge in [-0.15, -0.1) is 0 Å². The molecule has 1 aromatic carbocycles. The number of hydrogen-bond acceptors (Lipinski definition) is 4. The summed E-state index contributed by atoms with van der Waals surface area (Å²) in [5.74, 6) is 0.984. The first-order valence-corrected chi connectivity index (χ1v) is 5.44. The summed E-state index contributed by atoms with van der Waals surface area (Å²) in [5.41, 5.74) is 7.46. The molecule has 4 nitrogen and oxygen atoms in total. The topological polar surface area (TPSA) is 63.8 Å². The Bertz CT molecular complexity index is 458. The minimum atomic E-state index is 0.274. The molecule has 0 aliphatic carbocycles. The van der Waals surface area contributed by atoms with Crippen LogP contribution >= 0.6 is 22.9 Å². The second-order valence-corrected chi connectivity index (χ2v) is 3.50. The first kappa shape index (κ1) is 10.2. The van der Waals surface area contributed by atoms with Crippen molar-refractivity contribution in [3.05, 3.63) is 36.4 Å². The van der Waals surface area contributed by atoms with Gasteiger partial charge in [-0.2, -0.15) is 4.98 Å². The standard InChI is InChI=1S/C10H9IN4/c11-15-9-6-8(13-10(12)14-9)7-4-2-1-3-5-7/h1-6H,(H3,12,13,14,15). The molecule has 0 radical (unpaired) electrons. The van der Waals surface area contributed by atoms with Crippen molar-refractivity contribution in [3.8, 4) is 11.3 Å². The van der Waals surface area contributed by atoms with Crippen molar-refractivity contribution in [2.75, 3.05) is 9.26 Å². The lowest BCUT2D eigenvalue weighted by Crippen LogP contribution is -1.98. The van der Waals surface area contributed by atoms with Gasteiger partial charge < -0.3 is 9.26 Å². The van der Waals surface area contributed by atoms with Crippen LogP contribution in [0.3, 0.4) is 0 Å². The van der Waals surface area contributed by atoms with Gasteiger partial charge in [0.05, 0.1) is 28.6 Å². The molecular formula is C10H9IN4. The molecule has 0 amide bonds. The molecule has 2 aromatic rings. The SMILES string of the molecule is Nc1nc(NI)cc(-c2ccccc2)n1. The molecule has 0 fully saturated rings. The van der Waals surface area contributed by atoms with Crippen molar-refractivity contribution in [1.29, 1.82) is 0 Å². The highest BCUT2D eigenvalue weighted by atomic mass is 127. The van der Waals surface area contributed by atoms with Crippen LogP contribution in [0.1, 0.15) is 0 Å². The molecule has 0 unspecified atom stereocenters. The molecule has 0 saturated heterocycles. The van der Waals surface area contributed by atoms with Crippen LogP contribution in [-0.2, 0) is 0 Å². The highest BCUT2D eigenvalue weighted by molar-refractivity contribution is 14.1. The van der Waals surface area contributed by atoms with E-state index in [1.54, 1.807) is 0 Å². The van der Waals surface area contributed by atoms with Gasteiger partial charge in [-0.1, -0.05) is 30.3 Å². The molecule has 1 heterocycles. The van der Waals surface area contributed by atoms with Crippen LogP contribution in [0.5, 0.6) is 0 Å². The van der Waals surface area contributed by atoms with Crippen molar-refractivity contribution in [1.82, 2.24) is 9.97 Å². The zero-order valence-corrected chi connectivity index (χ0v) is 9.97. The van der Waals surface area contributed by atoms with Crippen LogP contribution < -0.4 is 9.26 Å². The smallest absolute Gasteiger partial charge is 0.222 e. The molecule has 5 heteroatoms. The number of benzene rings is 1. The summed E-state index contributed by atoms with van der Waals surface area (Å²) in [6, 6.07) is 11.7. The lowest BCUT2D eigenvalue weighted by Gasteiger charge is -2.04. The van der Waals surface area contributed by atoms with Crippen molar-refractivity contribution in [2.24, 2.45) is 0 Å². The first-order chi connectivity index (χ1) is 7.29. The first-order valence-electron chi connectivity index (χ1n) is 4.36. The summed E-state index contributed by atoms with van der Waals surface area (Å²) >= 11 is 2.01. The molecule has 0 atom stereocenters. The highest BCUT2D eigenvalue weighted by Gasteiger charge is 2.03. The van der Waals surface area contributed by atoms with E-state index in [-0.39, 0.29) is 5.95 Å². The molecule has 76 valence electrons. The number of nitrogens with zero attached hydrogens (tertiary/aromatic N) is 2. The maximum Gasteiger partial charge on any atom is 0.222 e. The Labute approximate surface area is 101 Å². The lowest BCUT2D eigenvalue weighted by molar-refractivity contribution is 1.20. The number of nitrogens with two attached hydrogens (primary N) is 1. The summed E-state index contributed by atoms with van der Waals surface area (Å²) < 4.78 is 2.92. The molecule has 0 spiro atoms. The Hall–Kier alpha value is -1.37. The summed E-state index contributed by atoms with van der Waals surface area (Å²) in [4.78, 5) is 8.20. The average Bonchev–Trinajstić information content (AvgIpc) is 2.29. The maximum absolute atomic E-state index is 5.61. The van der Waals surface area contributed by atoms with Gasteiger partial charge in [0.1, 0.15) is 5.82 Å². The highest BCUT2D eigenvalue weighted by Crippen LogP contribution is 2.20. The van der Waals surface area contributed by atoms with E-state index in [4.69, 9.17) is 5.73 Å². The van der Waals surface area contributed by atoms with E-state index in [1.807, 2.05) is 59.3 Å². The van der Waals surface area contributed by atoms with Crippen LogP contribution in [0.2, 0.25) is 0 Å². The van der Waals surface area contributed by atoms with Gasteiger partial charge in [0, 0.05) is 11.6 Å². The summed E-state index contributed by atoms with van der Waals surface area (Å²) in [6.07, 6.45) is 0. The van der Waals surface area contributed by atoms with Gasteiger partial charge in [0.25, 0.3) is 0 Å². The van der Waals surface area contributed by atoms with Crippen molar-refractivity contribution in [2.45, 2.75) is 0 Å². The van der Waals surface area contributed by atoms with E-state index >= 15 is 0 Å². The molecule has 1 aromatic heterocycles. The molecule has 3 N–H and O–H groups in total. The lowest BCUT2D eigenvalue weighted by atomic mass is 10.1. The predicted molar refractivity (Wildman–Crippen MR) is 69.5 cm³/mol. The van der Waals surface area contributed by atoms with E-state index in [2.05, 4.69) is 13.5 Å². The molecular weight excluding hydrogens is 303 g/mol. The van der Waals surface area contributed by atoms with Crippen molar-refractivity contribution < 1.29 is 0 Å².